The first-order valence-corrected chi connectivity index (χ1v) is 6.00. The lowest BCUT2D eigenvalue weighted by Crippen LogP contribution is -2.57. The molecule has 0 aliphatic heterocycles. The Morgan fingerprint density at radius 3 is 2.19 bits per heavy atom. The lowest BCUT2D eigenvalue weighted by Gasteiger charge is -2.30. The molecule has 4 heteroatoms. The molecule has 96 valence electrons. The number of nitrogens with one attached hydrogen (secondary N) is 1. The Balaban J connectivity index is 4.50. The fourth-order valence-electron chi connectivity index (χ4n) is 1.46. The van der Waals surface area contributed by atoms with Crippen molar-refractivity contribution in [1.82, 2.24) is 5.32 Å². The fraction of sp³-hybridized carbons (Fsp3) is 0.917. The Hall–Kier alpha value is -0.610. The van der Waals surface area contributed by atoms with Crippen molar-refractivity contribution < 1.29 is 9.53 Å². The summed E-state index contributed by atoms with van der Waals surface area (Å²) in [6, 6.07) is 0.0264. The Morgan fingerprint density at radius 2 is 1.88 bits per heavy atom. The van der Waals surface area contributed by atoms with E-state index < -0.39 is 5.54 Å². The second kappa shape index (κ2) is 6.86. The number of methoxy groups -OCH3 is 1. The van der Waals surface area contributed by atoms with Crippen LogP contribution in [-0.2, 0) is 9.53 Å². The SMILES string of the molecule is CCC(N)(CC)C(=O)NC(COC)C(C)C. The first kappa shape index (κ1) is 15.4. The predicted octanol–water partition coefficient (Wildman–Crippen LogP) is 1.29. The topological polar surface area (TPSA) is 64.4 Å². The largest absolute Gasteiger partial charge is 0.383 e. The lowest BCUT2D eigenvalue weighted by molar-refractivity contribution is -0.128. The lowest BCUT2D eigenvalue weighted by atomic mass is 9.92. The van der Waals surface area contributed by atoms with Crippen molar-refractivity contribution >= 4 is 5.91 Å². The second-order valence-electron chi connectivity index (χ2n) is 4.64. The molecule has 16 heavy (non-hydrogen) atoms. The van der Waals surface area contributed by atoms with Gasteiger partial charge in [0.05, 0.1) is 18.2 Å². The number of carbonyl (C=O) groups is 1. The van der Waals surface area contributed by atoms with Gasteiger partial charge in [-0.15, -0.1) is 0 Å². The van der Waals surface area contributed by atoms with Gasteiger partial charge in [-0.1, -0.05) is 27.7 Å². The molecular weight excluding hydrogens is 204 g/mol. The zero-order chi connectivity index (χ0) is 12.8. The van der Waals surface area contributed by atoms with Crippen LogP contribution in [-0.4, -0.2) is 31.2 Å². The summed E-state index contributed by atoms with van der Waals surface area (Å²) in [4.78, 5) is 12.0. The summed E-state index contributed by atoms with van der Waals surface area (Å²) in [5.41, 5.74) is 5.28. The number of ether oxygens (including phenoxy) is 1. The van der Waals surface area contributed by atoms with Crippen molar-refractivity contribution in [2.24, 2.45) is 11.7 Å². The third kappa shape index (κ3) is 4.10. The standard InChI is InChI=1S/C12H26N2O2/c1-6-12(13,7-2)11(15)14-10(8-16-5)9(3)4/h9-10H,6-8,13H2,1-5H3,(H,14,15). The average Bonchev–Trinajstić information content (AvgIpc) is 2.26. The second-order valence-corrected chi connectivity index (χ2v) is 4.64. The van der Waals surface area contributed by atoms with E-state index in [-0.39, 0.29) is 11.9 Å². The summed E-state index contributed by atoms with van der Waals surface area (Å²) in [5, 5.41) is 2.97. The minimum atomic E-state index is -0.749. The van der Waals surface area contributed by atoms with Crippen LogP contribution in [0, 0.1) is 5.92 Å². The van der Waals surface area contributed by atoms with Gasteiger partial charge in [-0.05, 0) is 18.8 Å². The summed E-state index contributed by atoms with van der Waals surface area (Å²) in [6.07, 6.45) is 1.29. The highest BCUT2D eigenvalue weighted by Crippen LogP contribution is 2.13. The molecule has 0 fully saturated rings. The van der Waals surface area contributed by atoms with Crippen LogP contribution in [0.3, 0.4) is 0 Å². The van der Waals surface area contributed by atoms with Crippen molar-refractivity contribution in [2.45, 2.75) is 52.1 Å². The predicted molar refractivity (Wildman–Crippen MR) is 66.1 cm³/mol. The molecule has 1 amide bonds. The van der Waals surface area contributed by atoms with Crippen molar-refractivity contribution in [1.29, 1.82) is 0 Å². The van der Waals surface area contributed by atoms with Gasteiger partial charge in [-0.3, -0.25) is 4.79 Å². The third-order valence-electron chi connectivity index (χ3n) is 3.18. The molecule has 0 aliphatic rings. The van der Waals surface area contributed by atoms with Gasteiger partial charge in [-0.25, -0.2) is 0 Å². The van der Waals surface area contributed by atoms with Gasteiger partial charge in [-0.2, -0.15) is 0 Å². The van der Waals surface area contributed by atoms with Crippen LogP contribution in [0.2, 0.25) is 0 Å². The molecule has 0 saturated carbocycles. The van der Waals surface area contributed by atoms with Crippen LogP contribution in [0.1, 0.15) is 40.5 Å². The number of hydrogen-bond donors (Lipinski definition) is 2. The monoisotopic (exact) mass is 230 g/mol. The fourth-order valence-corrected chi connectivity index (χ4v) is 1.46. The van der Waals surface area contributed by atoms with E-state index >= 15 is 0 Å². The van der Waals surface area contributed by atoms with Crippen LogP contribution >= 0.6 is 0 Å². The first-order chi connectivity index (χ1) is 7.41. The molecule has 0 aromatic carbocycles. The average molecular weight is 230 g/mol. The highest BCUT2D eigenvalue weighted by Gasteiger charge is 2.31. The molecule has 0 saturated heterocycles. The first-order valence-electron chi connectivity index (χ1n) is 6.00. The summed E-state index contributed by atoms with van der Waals surface area (Å²) in [5.74, 6) is 0.259. The quantitative estimate of drug-likeness (QED) is 0.692. The molecule has 0 aromatic heterocycles. The maximum absolute atomic E-state index is 12.0. The molecule has 4 nitrogen and oxygen atoms in total. The van der Waals surface area contributed by atoms with E-state index in [2.05, 4.69) is 19.2 Å². The molecule has 1 unspecified atom stereocenters. The number of amides is 1. The maximum atomic E-state index is 12.0. The van der Waals surface area contributed by atoms with E-state index in [1.54, 1.807) is 7.11 Å². The Kier molecular flexibility index (Phi) is 6.60. The van der Waals surface area contributed by atoms with E-state index in [0.29, 0.717) is 25.4 Å². The zero-order valence-electron chi connectivity index (χ0n) is 11.2. The van der Waals surface area contributed by atoms with E-state index in [0.717, 1.165) is 0 Å². The summed E-state index contributed by atoms with van der Waals surface area (Å²) in [7, 11) is 1.64. The van der Waals surface area contributed by atoms with Gasteiger partial charge < -0.3 is 15.8 Å². The van der Waals surface area contributed by atoms with Crippen LogP contribution in [0.5, 0.6) is 0 Å². The van der Waals surface area contributed by atoms with Crippen molar-refractivity contribution in [3.05, 3.63) is 0 Å². The van der Waals surface area contributed by atoms with E-state index in [1.165, 1.54) is 0 Å². The smallest absolute Gasteiger partial charge is 0.240 e. The molecule has 0 heterocycles. The Bertz CT molecular complexity index is 213. The number of nitrogens with two attached hydrogens (primary N) is 1. The van der Waals surface area contributed by atoms with E-state index in [9.17, 15) is 4.79 Å². The van der Waals surface area contributed by atoms with E-state index in [4.69, 9.17) is 10.5 Å². The number of rotatable bonds is 7. The third-order valence-corrected chi connectivity index (χ3v) is 3.18. The minimum absolute atomic E-state index is 0.0264. The molecular formula is C12H26N2O2. The molecule has 1 atom stereocenters. The Morgan fingerprint density at radius 1 is 1.38 bits per heavy atom. The molecule has 0 rings (SSSR count). The Labute approximate surface area is 98.9 Å². The summed E-state index contributed by atoms with van der Waals surface area (Å²) in [6.45, 7) is 8.50. The summed E-state index contributed by atoms with van der Waals surface area (Å²) < 4.78 is 5.09. The zero-order valence-corrected chi connectivity index (χ0v) is 11.2. The van der Waals surface area contributed by atoms with Gasteiger partial charge in [0.1, 0.15) is 0 Å². The molecule has 0 aliphatic carbocycles. The van der Waals surface area contributed by atoms with Gasteiger partial charge in [0.25, 0.3) is 0 Å². The number of carbonyl (C=O) groups excluding carboxylic acids is 1. The van der Waals surface area contributed by atoms with E-state index in [1.807, 2.05) is 13.8 Å². The normalized spacial score (nSPS) is 13.9. The minimum Gasteiger partial charge on any atom is -0.383 e. The molecule has 0 radical (unpaired) electrons. The van der Waals surface area contributed by atoms with Crippen LogP contribution in [0.15, 0.2) is 0 Å². The van der Waals surface area contributed by atoms with Gasteiger partial charge >= 0.3 is 0 Å². The van der Waals surface area contributed by atoms with Gasteiger partial charge in [0, 0.05) is 7.11 Å². The molecule has 0 bridgehead atoms. The summed E-state index contributed by atoms with van der Waals surface area (Å²) >= 11 is 0. The number of hydrogen-bond acceptors (Lipinski definition) is 3. The van der Waals surface area contributed by atoms with Crippen LogP contribution in [0.25, 0.3) is 0 Å². The highest BCUT2D eigenvalue weighted by atomic mass is 16.5. The van der Waals surface area contributed by atoms with Crippen molar-refractivity contribution in [3.63, 3.8) is 0 Å². The highest BCUT2D eigenvalue weighted by molar-refractivity contribution is 5.86. The molecule has 3 N–H and O–H groups in total. The maximum Gasteiger partial charge on any atom is 0.240 e. The van der Waals surface area contributed by atoms with Gasteiger partial charge in [0.15, 0.2) is 0 Å². The van der Waals surface area contributed by atoms with Crippen molar-refractivity contribution in [3.8, 4) is 0 Å². The van der Waals surface area contributed by atoms with Crippen LogP contribution < -0.4 is 11.1 Å². The molecule has 0 aromatic rings. The van der Waals surface area contributed by atoms with Gasteiger partial charge in [0.2, 0.25) is 5.91 Å². The van der Waals surface area contributed by atoms with Crippen molar-refractivity contribution in [2.75, 3.05) is 13.7 Å². The molecule has 0 spiro atoms. The van der Waals surface area contributed by atoms with Crippen LogP contribution in [0.4, 0.5) is 0 Å².